The highest BCUT2D eigenvalue weighted by Crippen LogP contribution is 2.31. The minimum absolute atomic E-state index is 0.0665. The number of nitrogens with zero attached hydrogens (tertiary/aromatic N) is 4. The van der Waals surface area contributed by atoms with Crippen molar-refractivity contribution in [2.45, 2.75) is 0 Å². The van der Waals surface area contributed by atoms with E-state index in [1.165, 1.54) is 0 Å². The highest BCUT2D eigenvalue weighted by atomic mass is 16.3. The normalized spacial score (nSPS) is 11.2. The van der Waals surface area contributed by atoms with Crippen LogP contribution in [0.4, 0.5) is 0 Å². The number of furan rings is 1. The van der Waals surface area contributed by atoms with Gasteiger partial charge in [0.25, 0.3) is 5.56 Å². The molecule has 0 bridgehead atoms. The van der Waals surface area contributed by atoms with Gasteiger partial charge in [0.15, 0.2) is 0 Å². The van der Waals surface area contributed by atoms with Gasteiger partial charge in [-0.15, -0.1) is 0 Å². The maximum absolute atomic E-state index is 12.6. The monoisotopic (exact) mass is 306 g/mol. The number of fused-ring (bicyclic) bond motifs is 1. The molecule has 4 aromatic rings. The van der Waals surface area contributed by atoms with Gasteiger partial charge in [-0.1, -0.05) is 6.07 Å². The van der Waals surface area contributed by atoms with Crippen molar-refractivity contribution < 1.29 is 4.42 Å². The third-order valence-electron chi connectivity index (χ3n) is 4.07. The molecule has 3 aromatic heterocycles. The summed E-state index contributed by atoms with van der Waals surface area (Å²) in [7, 11) is 3.61. The molecule has 0 aliphatic rings. The van der Waals surface area contributed by atoms with Crippen LogP contribution in [0.5, 0.6) is 0 Å². The molecule has 0 saturated carbocycles. The Morgan fingerprint density at radius 2 is 1.74 bits per heavy atom. The Hall–Kier alpha value is -3.15. The summed E-state index contributed by atoms with van der Waals surface area (Å²) in [6.07, 6.45) is 6.48. The van der Waals surface area contributed by atoms with E-state index in [4.69, 9.17) is 4.42 Å². The van der Waals surface area contributed by atoms with E-state index in [0.29, 0.717) is 5.56 Å². The zero-order valence-corrected chi connectivity index (χ0v) is 12.7. The minimum atomic E-state index is -0.0665. The van der Waals surface area contributed by atoms with E-state index in [1.54, 1.807) is 42.7 Å². The fourth-order valence-corrected chi connectivity index (χ4v) is 2.82. The van der Waals surface area contributed by atoms with Crippen molar-refractivity contribution in [1.82, 2.24) is 19.3 Å². The Balaban J connectivity index is 2.04. The van der Waals surface area contributed by atoms with E-state index in [9.17, 15) is 4.79 Å². The molecule has 0 aliphatic carbocycles. The van der Waals surface area contributed by atoms with E-state index in [1.807, 2.05) is 29.9 Å². The van der Waals surface area contributed by atoms with Gasteiger partial charge < -0.3 is 4.42 Å². The maximum Gasteiger partial charge on any atom is 0.275 e. The van der Waals surface area contributed by atoms with E-state index in [2.05, 4.69) is 9.97 Å². The van der Waals surface area contributed by atoms with Gasteiger partial charge in [0.05, 0.1) is 34.8 Å². The third kappa shape index (κ3) is 1.99. The molecule has 0 atom stereocenters. The summed E-state index contributed by atoms with van der Waals surface area (Å²) < 4.78 is 8.57. The molecular formula is C17H14N4O2. The lowest BCUT2D eigenvalue weighted by molar-refractivity contribution is 0.568. The van der Waals surface area contributed by atoms with Gasteiger partial charge in [-0.25, -0.2) is 0 Å². The molecule has 0 fully saturated rings. The van der Waals surface area contributed by atoms with Crippen LogP contribution < -0.4 is 5.56 Å². The molecule has 1 aromatic carbocycles. The predicted molar refractivity (Wildman–Crippen MR) is 86.9 cm³/mol. The van der Waals surface area contributed by atoms with Crippen molar-refractivity contribution in [2.24, 2.45) is 14.1 Å². The standard InChI is InChI=1S/C17H14N4O2/c1-20-16(11-3-4-13-14(9-11)19-7-6-18-13)15(17(22)21(20)2)12-5-8-23-10-12/h3-10H,1-2H3. The average molecular weight is 306 g/mol. The van der Waals surface area contributed by atoms with Crippen LogP contribution >= 0.6 is 0 Å². The van der Waals surface area contributed by atoms with Crippen LogP contribution in [-0.2, 0) is 14.1 Å². The van der Waals surface area contributed by atoms with Gasteiger partial charge in [-0.05, 0) is 18.2 Å². The van der Waals surface area contributed by atoms with E-state index >= 15 is 0 Å². The molecular weight excluding hydrogens is 292 g/mol. The summed E-state index contributed by atoms with van der Waals surface area (Å²) in [6, 6.07) is 7.60. The van der Waals surface area contributed by atoms with Crippen LogP contribution in [0.2, 0.25) is 0 Å². The van der Waals surface area contributed by atoms with Crippen molar-refractivity contribution in [3.05, 3.63) is 59.5 Å². The highest BCUT2D eigenvalue weighted by Gasteiger charge is 2.20. The number of aromatic nitrogens is 4. The number of benzene rings is 1. The Bertz CT molecular complexity index is 1060. The van der Waals surface area contributed by atoms with Crippen molar-refractivity contribution >= 4 is 11.0 Å². The first kappa shape index (κ1) is 13.5. The first-order chi connectivity index (χ1) is 11.2. The molecule has 0 aliphatic heterocycles. The molecule has 3 heterocycles. The lowest BCUT2D eigenvalue weighted by atomic mass is 10.0. The van der Waals surface area contributed by atoms with Gasteiger partial charge in [0.2, 0.25) is 0 Å². The Morgan fingerprint density at radius 1 is 0.957 bits per heavy atom. The zero-order valence-electron chi connectivity index (χ0n) is 12.7. The second-order valence-corrected chi connectivity index (χ2v) is 5.35. The van der Waals surface area contributed by atoms with Gasteiger partial charge in [-0.2, -0.15) is 0 Å². The number of hydrogen-bond donors (Lipinski definition) is 0. The Morgan fingerprint density at radius 3 is 2.48 bits per heavy atom. The lowest BCUT2D eigenvalue weighted by Gasteiger charge is -2.08. The second-order valence-electron chi connectivity index (χ2n) is 5.35. The summed E-state index contributed by atoms with van der Waals surface area (Å²) in [5.41, 5.74) is 4.66. The van der Waals surface area contributed by atoms with Crippen molar-refractivity contribution in [3.8, 4) is 22.4 Å². The van der Waals surface area contributed by atoms with E-state index in [-0.39, 0.29) is 5.56 Å². The molecule has 0 unspecified atom stereocenters. The van der Waals surface area contributed by atoms with Gasteiger partial charge in [0, 0.05) is 37.6 Å². The summed E-state index contributed by atoms with van der Waals surface area (Å²) in [4.78, 5) is 21.2. The van der Waals surface area contributed by atoms with Crippen molar-refractivity contribution in [1.29, 1.82) is 0 Å². The predicted octanol–water partition coefficient (Wildman–Crippen LogP) is 2.59. The second kappa shape index (κ2) is 4.95. The van der Waals surface area contributed by atoms with Crippen LogP contribution in [0.1, 0.15) is 0 Å². The topological polar surface area (TPSA) is 65.8 Å². The van der Waals surface area contributed by atoms with Crippen molar-refractivity contribution in [3.63, 3.8) is 0 Å². The quantitative estimate of drug-likeness (QED) is 0.571. The summed E-state index contributed by atoms with van der Waals surface area (Å²) in [6.45, 7) is 0. The molecule has 114 valence electrons. The van der Waals surface area contributed by atoms with Gasteiger partial charge >= 0.3 is 0 Å². The van der Waals surface area contributed by atoms with Gasteiger partial charge in [-0.3, -0.25) is 24.1 Å². The molecule has 6 nitrogen and oxygen atoms in total. The SMILES string of the molecule is Cn1c(-c2ccc3nccnc3c2)c(-c2ccoc2)c(=O)n1C. The molecule has 0 N–H and O–H groups in total. The Labute approximate surface area is 131 Å². The first-order valence-electron chi connectivity index (χ1n) is 7.16. The average Bonchev–Trinajstić information content (AvgIpc) is 3.17. The molecule has 0 spiro atoms. The zero-order chi connectivity index (χ0) is 16.0. The molecule has 0 radical (unpaired) electrons. The van der Waals surface area contributed by atoms with Crippen LogP contribution in [0.25, 0.3) is 33.4 Å². The van der Waals surface area contributed by atoms with E-state index in [0.717, 1.165) is 27.9 Å². The fraction of sp³-hybridized carbons (Fsp3) is 0.118. The van der Waals surface area contributed by atoms with Crippen LogP contribution in [0.15, 0.2) is 58.4 Å². The Kier molecular flexibility index (Phi) is 2.90. The molecule has 0 amide bonds. The van der Waals surface area contributed by atoms with Crippen molar-refractivity contribution in [2.75, 3.05) is 0 Å². The summed E-state index contributed by atoms with van der Waals surface area (Å²) in [5.74, 6) is 0. The van der Waals surface area contributed by atoms with Crippen LogP contribution in [0, 0.1) is 0 Å². The minimum Gasteiger partial charge on any atom is -0.472 e. The number of rotatable bonds is 2. The lowest BCUT2D eigenvalue weighted by Crippen LogP contribution is -2.17. The first-order valence-corrected chi connectivity index (χ1v) is 7.16. The smallest absolute Gasteiger partial charge is 0.275 e. The molecule has 4 rings (SSSR count). The van der Waals surface area contributed by atoms with Crippen LogP contribution in [-0.4, -0.2) is 19.3 Å². The van der Waals surface area contributed by atoms with Crippen LogP contribution in [0.3, 0.4) is 0 Å². The number of hydrogen-bond acceptors (Lipinski definition) is 4. The third-order valence-corrected chi connectivity index (χ3v) is 4.07. The molecule has 0 saturated heterocycles. The molecule has 23 heavy (non-hydrogen) atoms. The fourth-order valence-electron chi connectivity index (χ4n) is 2.82. The maximum atomic E-state index is 12.6. The van der Waals surface area contributed by atoms with Gasteiger partial charge in [0.1, 0.15) is 0 Å². The molecule has 6 heteroatoms. The highest BCUT2D eigenvalue weighted by molar-refractivity contribution is 5.86. The largest absolute Gasteiger partial charge is 0.472 e. The van der Waals surface area contributed by atoms with E-state index < -0.39 is 0 Å². The summed E-state index contributed by atoms with van der Waals surface area (Å²) in [5, 5.41) is 0. The summed E-state index contributed by atoms with van der Waals surface area (Å²) >= 11 is 0.